The van der Waals surface area contributed by atoms with Crippen LogP contribution in [0.15, 0.2) is 94.7 Å². The summed E-state index contributed by atoms with van der Waals surface area (Å²) >= 11 is 0. The van der Waals surface area contributed by atoms with E-state index in [4.69, 9.17) is 0 Å². The zero-order valence-corrected chi connectivity index (χ0v) is 13.3. The van der Waals surface area contributed by atoms with Gasteiger partial charge in [0.1, 0.15) is 5.75 Å². The SMILES string of the molecule is O=[N+]([O-])c1ccc([S+](Cc2ccccc2)c2ccccc2)cc1. The average molecular weight is 322 g/mol. The Morgan fingerprint density at radius 1 is 0.739 bits per heavy atom. The van der Waals surface area contributed by atoms with Gasteiger partial charge in [-0.2, -0.15) is 0 Å². The van der Waals surface area contributed by atoms with Crippen molar-refractivity contribution in [2.24, 2.45) is 0 Å². The molecule has 0 aliphatic heterocycles. The zero-order chi connectivity index (χ0) is 16.1. The normalized spacial score (nSPS) is 11.8. The number of hydrogen-bond acceptors (Lipinski definition) is 2. The highest BCUT2D eigenvalue weighted by atomic mass is 32.2. The molecule has 3 rings (SSSR count). The van der Waals surface area contributed by atoms with Crippen molar-refractivity contribution in [3.05, 3.63) is 101 Å². The van der Waals surface area contributed by atoms with Crippen LogP contribution in [0.25, 0.3) is 0 Å². The first kappa shape index (κ1) is 15.3. The minimum Gasteiger partial charge on any atom is -0.258 e. The van der Waals surface area contributed by atoms with Gasteiger partial charge in [0.05, 0.1) is 15.8 Å². The van der Waals surface area contributed by atoms with Gasteiger partial charge in [-0.05, 0) is 12.1 Å². The van der Waals surface area contributed by atoms with Gasteiger partial charge in [-0.25, -0.2) is 0 Å². The van der Waals surface area contributed by atoms with Crippen molar-refractivity contribution in [3.63, 3.8) is 0 Å². The van der Waals surface area contributed by atoms with Crippen LogP contribution in [0.3, 0.4) is 0 Å². The van der Waals surface area contributed by atoms with Gasteiger partial charge in [0, 0.05) is 29.8 Å². The Morgan fingerprint density at radius 3 is 1.83 bits per heavy atom. The van der Waals surface area contributed by atoms with E-state index in [2.05, 4.69) is 24.3 Å². The van der Waals surface area contributed by atoms with Crippen LogP contribution >= 0.6 is 0 Å². The Bertz CT molecular complexity index is 773. The number of rotatable bonds is 5. The maximum Gasteiger partial charge on any atom is 0.269 e. The van der Waals surface area contributed by atoms with Crippen molar-refractivity contribution in [3.8, 4) is 0 Å². The molecule has 0 saturated carbocycles. The molecule has 4 heteroatoms. The van der Waals surface area contributed by atoms with Gasteiger partial charge in [0.2, 0.25) is 0 Å². The molecule has 3 aromatic carbocycles. The Labute approximate surface area is 138 Å². The minimum atomic E-state index is -0.360. The summed E-state index contributed by atoms with van der Waals surface area (Å²) in [4.78, 5) is 12.8. The first-order valence-electron chi connectivity index (χ1n) is 7.28. The highest BCUT2D eigenvalue weighted by Gasteiger charge is 2.26. The summed E-state index contributed by atoms with van der Waals surface area (Å²) in [5.74, 6) is 0.892. The van der Waals surface area contributed by atoms with Crippen LogP contribution in [0, 0.1) is 10.1 Å². The Morgan fingerprint density at radius 2 is 1.26 bits per heavy atom. The average Bonchev–Trinajstić information content (AvgIpc) is 2.61. The van der Waals surface area contributed by atoms with Crippen molar-refractivity contribution in [1.29, 1.82) is 0 Å². The van der Waals surface area contributed by atoms with Gasteiger partial charge in [0.25, 0.3) is 5.69 Å². The Hall–Kier alpha value is -2.59. The maximum atomic E-state index is 10.9. The van der Waals surface area contributed by atoms with Crippen LogP contribution in [0.1, 0.15) is 5.56 Å². The van der Waals surface area contributed by atoms with Gasteiger partial charge in [-0.1, -0.05) is 48.5 Å². The minimum absolute atomic E-state index is 0.130. The number of nitro groups is 1. The van der Waals surface area contributed by atoms with Crippen molar-refractivity contribution in [2.75, 3.05) is 0 Å². The molecule has 0 spiro atoms. The monoisotopic (exact) mass is 322 g/mol. The van der Waals surface area contributed by atoms with Crippen molar-refractivity contribution in [1.82, 2.24) is 0 Å². The van der Waals surface area contributed by atoms with Gasteiger partial charge in [0.15, 0.2) is 9.79 Å². The van der Waals surface area contributed by atoms with E-state index >= 15 is 0 Å². The molecular formula is C19H16NO2S+. The quantitative estimate of drug-likeness (QED) is 0.383. The first-order valence-corrected chi connectivity index (χ1v) is 8.68. The highest BCUT2D eigenvalue weighted by molar-refractivity contribution is 7.96. The van der Waals surface area contributed by atoms with Crippen LogP contribution < -0.4 is 0 Å². The van der Waals surface area contributed by atoms with E-state index < -0.39 is 0 Å². The van der Waals surface area contributed by atoms with Gasteiger partial charge in [-0.3, -0.25) is 10.1 Å². The lowest BCUT2D eigenvalue weighted by molar-refractivity contribution is -0.384. The molecule has 0 saturated heterocycles. The summed E-state index contributed by atoms with van der Waals surface area (Å²) in [6.45, 7) is 0. The van der Waals surface area contributed by atoms with E-state index in [1.54, 1.807) is 12.1 Å². The molecule has 1 atom stereocenters. The van der Waals surface area contributed by atoms with Crippen LogP contribution in [0.5, 0.6) is 0 Å². The summed E-state index contributed by atoms with van der Waals surface area (Å²) in [7, 11) is -0.146. The van der Waals surface area contributed by atoms with E-state index in [-0.39, 0.29) is 21.5 Å². The molecule has 0 amide bonds. The first-order chi connectivity index (χ1) is 11.2. The summed E-state index contributed by atoms with van der Waals surface area (Å²) in [6.07, 6.45) is 0. The lowest BCUT2D eigenvalue weighted by Crippen LogP contribution is -2.07. The van der Waals surface area contributed by atoms with E-state index in [9.17, 15) is 10.1 Å². The summed E-state index contributed by atoms with van der Waals surface area (Å²) in [5, 5.41) is 10.9. The number of benzene rings is 3. The van der Waals surface area contributed by atoms with Crippen LogP contribution in [-0.4, -0.2) is 4.92 Å². The Balaban J connectivity index is 1.96. The maximum absolute atomic E-state index is 10.9. The smallest absolute Gasteiger partial charge is 0.258 e. The van der Waals surface area contributed by atoms with Gasteiger partial charge in [-0.15, -0.1) is 0 Å². The number of non-ortho nitro benzene ring substituents is 1. The standard InChI is InChI=1S/C19H16NO2S/c21-20(22)17-11-13-19(14-12-17)23(18-9-5-2-6-10-18)15-16-7-3-1-4-8-16/h1-14H,15H2/q+1. The van der Waals surface area contributed by atoms with E-state index in [1.165, 1.54) is 10.5 Å². The third kappa shape index (κ3) is 3.79. The third-order valence-corrected chi connectivity index (χ3v) is 5.82. The van der Waals surface area contributed by atoms with Gasteiger partial charge < -0.3 is 0 Å². The second kappa shape index (κ2) is 7.11. The molecule has 0 bridgehead atoms. The molecule has 0 aromatic heterocycles. The topological polar surface area (TPSA) is 43.1 Å². The molecule has 0 heterocycles. The van der Waals surface area contributed by atoms with E-state index in [0.29, 0.717) is 0 Å². The fourth-order valence-electron chi connectivity index (χ4n) is 2.36. The molecule has 3 nitrogen and oxygen atoms in total. The zero-order valence-electron chi connectivity index (χ0n) is 12.5. The molecule has 0 fully saturated rings. The van der Waals surface area contributed by atoms with Gasteiger partial charge >= 0.3 is 0 Å². The number of hydrogen-bond donors (Lipinski definition) is 0. The molecule has 1 unspecified atom stereocenters. The largest absolute Gasteiger partial charge is 0.269 e. The second-order valence-electron chi connectivity index (χ2n) is 5.08. The number of nitro benzene ring substituents is 1. The van der Waals surface area contributed by atoms with Crippen LogP contribution in [0.2, 0.25) is 0 Å². The lowest BCUT2D eigenvalue weighted by Gasteiger charge is -2.08. The fraction of sp³-hybridized carbons (Fsp3) is 0.0526. The molecule has 0 N–H and O–H groups in total. The predicted molar refractivity (Wildman–Crippen MR) is 93.6 cm³/mol. The molecule has 23 heavy (non-hydrogen) atoms. The molecule has 114 valence electrons. The highest BCUT2D eigenvalue weighted by Crippen LogP contribution is 2.28. The summed E-state index contributed by atoms with van der Waals surface area (Å²) in [5.41, 5.74) is 1.39. The molecule has 0 aliphatic rings. The van der Waals surface area contributed by atoms with Crippen molar-refractivity contribution < 1.29 is 4.92 Å². The van der Waals surface area contributed by atoms with Crippen LogP contribution in [-0.2, 0) is 16.6 Å². The molecular weight excluding hydrogens is 306 g/mol. The summed E-state index contributed by atoms with van der Waals surface area (Å²) in [6, 6.07) is 27.6. The Kier molecular flexibility index (Phi) is 4.74. The van der Waals surface area contributed by atoms with Crippen molar-refractivity contribution in [2.45, 2.75) is 15.5 Å². The third-order valence-electron chi connectivity index (χ3n) is 3.51. The summed E-state index contributed by atoms with van der Waals surface area (Å²) < 4.78 is 0. The molecule has 3 aromatic rings. The van der Waals surface area contributed by atoms with Crippen molar-refractivity contribution >= 4 is 16.6 Å². The second-order valence-corrected chi connectivity index (χ2v) is 7.10. The molecule has 0 aliphatic carbocycles. The number of nitrogens with zero attached hydrogens (tertiary/aromatic N) is 1. The molecule has 0 radical (unpaired) electrons. The van der Waals surface area contributed by atoms with E-state index in [1.807, 2.05) is 48.5 Å². The van der Waals surface area contributed by atoms with Crippen LogP contribution in [0.4, 0.5) is 5.69 Å². The lowest BCUT2D eigenvalue weighted by atomic mass is 10.2. The van der Waals surface area contributed by atoms with E-state index in [0.717, 1.165) is 10.6 Å². The predicted octanol–water partition coefficient (Wildman–Crippen LogP) is 4.83. The fourth-order valence-corrected chi connectivity index (χ4v) is 4.44.